The third-order valence-corrected chi connectivity index (χ3v) is 3.01. The average molecular weight is 278 g/mol. The van der Waals surface area contributed by atoms with Gasteiger partial charge in [-0.1, -0.05) is 31.6 Å². The van der Waals surface area contributed by atoms with E-state index in [-0.39, 0.29) is 0 Å². The zero-order valence-electron chi connectivity index (χ0n) is 12.1. The van der Waals surface area contributed by atoms with E-state index in [0.717, 1.165) is 36.5 Å². The van der Waals surface area contributed by atoms with E-state index in [0.29, 0.717) is 5.56 Å². The molecule has 0 aliphatic heterocycles. The normalized spacial score (nSPS) is 10.5. The number of ether oxygens (including phenoxy) is 1. The van der Waals surface area contributed by atoms with Crippen molar-refractivity contribution < 1.29 is 4.74 Å². The SMILES string of the molecule is CCCCOc1ccc(/C=C/c2ccc(C#N)cn2)cc1. The molecule has 2 rings (SSSR count). The summed E-state index contributed by atoms with van der Waals surface area (Å²) in [6.07, 6.45) is 7.70. The van der Waals surface area contributed by atoms with Crippen LogP contribution in [-0.2, 0) is 0 Å². The lowest BCUT2D eigenvalue weighted by Crippen LogP contribution is -1.95. The Morgan fingerprint density at radius 2 is 1.95 bits per heavy atom. The van der Waals surface area contributed by atoms with Crippen molar-refractivity contribution in [3.05, 3.63) is 59.4 Å². The zero-order chi connectivity index (χ0) is 14.9. The summed E-state index contributed by atoms with van der Waals surface area (Å²) in [6, 6.07) is 13.6. The van der Waals surface area contributed by atoms with Crippen LogP contribution in [0.25, 0.3) is 12.2 Å². The van der Waals surface area contributed by atoms with E-state index in [1.165, 1.54) is 0 Å². The Labute approximate surface area is 125 Å². The highest BCUT2D eigenvalue weighted by molar-refractivity contribution is 5.68. The van der Waals surface area contributed by atoms with E-state index < -0.39 is 0 Å². The monoisotopic (exact) mass is 278 g/mol. The Morgan fingerprint density at radius 1 is 1.14 bits per heavy atom. The van der Waals surface area contributed by atoms with Gasteiger partial charge in [-0.25, -0.2) is 0 Å². The Morgan fingerprint density at radius 3 is 2.57 bits per heavy atom. The molecule has 0 fully saturated rings. The number of nitrogens with zero attached hydrogens (tertiary/aromatic N) is 2. The molecule has 0 bridgehead atoms. The molecule has 0 spiro atoms. The van der Waals surface area contributed by atoms with Crippen molar-refractivity contribution >= 4 is 12.2 Å². The van der Waals surface area contributed by atoms with Crippen LogP contribution in [0.2, 0.25) is 0 Å². The molecule has 0 amide bonds. The summed E-state index contributed by atoms with van der Waals surface area (Å²) in [5, 5.41) is 8.72. The third kappa shape index (κ3) is 4.77. The molecule has 2 aromatic rings. The lowest BCUT2D eigenvalue weighted by Gasteiger charge is -2.04. The molecule has 1 aromatic carbocycles. The van der Waals surface area contributed by atoms with Crippen molar-refractivity contribution in [2.75, 3.05) is 6.61 Å². The van der Waals surface area contributed by atoms with E-state index in [1.54, 1.807) is 12.3 Å². The van der Waals surface area contributed by atoms with Crippen molar-refractivity contribution in [1.29, 1.82) is 5.26 Å². The maximum absolute atomic E-state index is 8.72. The molecule has 0 saturated heterocycles. The Kier molecular flexibility index (Phi) is 5.54. The van der Waals surface area contributed by atoms with E-state index >= 15 is 0 Å². The Balaban J connectivity index is 1.95. The fraction of sp³-hybridized carbons (Fsp3) is 0.222. The van der Waals surface area contributed by atoms with Crippen LogP contribution in [-0.4, -0.2) is 11.6 Å². The van der Waals surface area contributed by atoms with E-state index in [1.807, 2.05) is 42.5 Å². The van der Waals surface area contributed by atoms with Crippen LogP contribution in [0.1, 0.15) is 36.6 Å². The van der Waals surface area contributed by atoms with Crippen LogP contribution >= 0.6 is 0 Å². The molecule has 106 valence electrons. The minimum Gasteiger partial charge on any atom is -0.494 e. The predicted octanol–water partition coefficient (Wildman–Crippen LogP) is 4.30. The fourth-order valence-electron chi connectivity index (χ4n) is 1.76. The first kappa shape index (κ1) is 14.8. The summed E-state index contributed by atoms with van der Waals surface area (Å²) < 4.78 is 5.62. The predicted molar refractivity (Wildman–Crippen MR) is 84.7 cm³/mol. The molecule has 1 aromatic heterocycles. The summed E-state index contributed by atoms with van der Waals surface area (Å²) in [4.78, 5) is 4.20. The minimum atomic E-state index is 0.570. The Hall–Kier alpha value is -2.60. The van der Waals surface area contributed by atoms with Gasteiger partial charge in [0.05, 0.1) is 17.9 Å². The average Bonchev–Trinajstić information content (AvgIpc) is 2.55. The lowest BCUT2D eigenvalue weighted by molar-refractivity contribution is 0.309. The highest BCUT2D eigenvalue weighted by atomic mass is 16.5. The smallest absolute Gasteiger partial charge is 0.119 e. The number of unbranched alkanes of at least 4 members (excludes halogenated alkanes) is 1. The maximum atomic E-state index is 8.72. The zero-order valence-corrected chi connectivity index (χ0v) is 12.1. The van der Waals surface area contributed by atoms with Gasteiger partial charge in [0.25, 0.3) is 0 Å². The van der Waals surface area contributed by atoms with Gasteiger partial charge in [0, 0.05) is 6.20 Å². The minimum absolute atomic E-state index is 0.570. The van der Waals surface area contributed by atoms with Crippen LogP contribution in [0.5, 0.6) is 5.75 Å². The standard InChI is InChI=1S/C18H18N2O/c1-2-3-12-21-18-10-6-15(7-11-18)4-8-17-9-5-16(13-19)14-20-17/h4-11,14H,2-3,12H2,1H3/b8-4+. The number of aromatic nitrogens is 1. The van der Waals surface area contributed by atoms with Crippen LogP contribution in [0, 0.1) is 11.3 Å². The maximum Gasteiger partial charge on any atom is 0.119 e. The topological polar surface area (TPSA) is 45.9 Å². The molecule has 0 radical (unpaired) electrons. The van der Waals surface area contributed by atoms with Crippen molar-refractivity contribution in [2.24, 2.45) is 0 Å². The van der Waals surface area contributed by atoms with Crippen molar-refractivity contribution in [2.45, 2.75) is 19.8 Å². The van der Waals surface area contributed by atoms with Crippen LogP contribution in [0.3, 0.4) is 0 Å². The summed E-state index contributed by atoms with van der Waals surface area (Å²) in [7, 11) is 0. The summed E-state index contributed by atoms with van der Waals surface area (Å²) >= 11 is 0. The van der Waals surface area contributed by atoms with Gasteiger partial charge in [-0.3, -0.25) is 4.98 Å². The number of pyridine rings is 1. The van der Waals surface area contributed by atoms with Crippen LogP contribution < -0.4 is 4.74 Å². The number of hydrogen-bond acceptors (Lipinski definition) is 3. The largest absolute Gasteiger partial charge is 0.494 e. The molecule has 0 aliphatic rings. The van der Waals surface area contributed by atoms with Gasteiger partial charge in [-0.05, 0) is 42.3 Å². The molecule has 0 unspecified atom stereocenters. The van der Waals surface area contributed by atoms with Crippen LogP contribution in [0.15, 0.2) is 42.6 Å². The summed E-state index contributed by atoms with van der Waals surface area (Å²) in [5.74, 6) is 0.900. The first-order valence-electron chi connectivity index (χ1n) is 7.09. The molecule has 3 heteroatoms. The molecule has 0 N–H and O–H groups in total. The van der Waals surface area contributed by atoms with Gasteiger partial charge in [0.15, 0.2) is 0 Å². The van der Waals surface area contributed by atoms with Crippen molar-refractivity contribution in [3.8, 4) is 11.8 Å². The van der Waals surface area contributed by atoms with Gasteiger partial charge in [0.1, 0.15) is 11.8 Å². The molecule has 0 atom stereocenters. The van der Waals surface area contributed by atoms with Crippen molar-refractivity contribution in [1.82, 2.24) is 4.98 Å². The molecular weight excluding hydrogens is 260 g/mol. The van der Waals surface area contributed by atoms with E-state index in [9.17, 15) is 0 Å². The third-order valence-electron chi connectivity index (χ3n) is 3.01. The van der Waals surface area contributed by atoms with E-state index in [4.69, 9.17) is 10.00 Å². The molecule has 3 nitrogen and oxygen atoms in total. The van der Waals surface area contributed by atoms with Gasteiger partial charge in [-0.2, -0.15) is 5.26 Å². The fourth-order valence-corrected chi connectivity index (χ4v) is 1.76. The molecule has 0 saturated carbocycles. The number of nitriles is 1. The summed E-state index contributed by atoms with van der Waals surface area (Å²) in [6.45, 7) is 2.91. The first-order valence-corrected chi connectivity index (χ1v) is 7.09. The number of benzene rings is 1. The Bertz CT molecular complexity index is 622. The second-order valence-corrected chi connectivity index (χ2v) is 4.69. The molecule has 1 heterocycles. The molecule has 0 aliphatic carbocycles. The number of hydrogen-bond donors (Lipinski definition) is 0. The molecule has 21 heavy (non-hydrogen) atoms. The van der Waals surface area contributed by atoms with Gasteiger partial charge in [0.2, 0.25) is 0 Å². The molecular formula is C18H18N2O. The van der Waals surface area contributed by atoms with Crippen molar-refractivity contribution in [3.63, 3.8) is 0 Å². The highest BCUT2D eigenvalue weighted by Crippen LogP contribution is 2.14. The number of rotatable bonds is 6. The quantitative estimate of drug-likeness (QED) is 0.740. The van der Waals surface area contributed by atoms with Gasteiger partial charge in [-0.15, -0.1) is 0 Å². The van der Waals surface area contributed by atoms with E-state index in [2.05, 4.69) is 18.0 Å². The van der Waals surface area contributed by atoms with Gasteiger partial charge >= 0.3 is 0 Å². The second-order valence-electron chi connectivity index (χ2n) is 4.69. The highest BCUT2D eigenvalue weighted by Gasteiger charge is 1.94. The second kappa shape index (κ2) is 7.86. The van der Waals surface area contributed by atoms with Crippen LogP contribution in [0.4, 0.5) is 0 Å². The first-order chi connectivity index (χ1) is 10.3. The van der Waals surface area contributed by atoms with Gasteiger partial charge < -0.3 is 4.74 Å². The summed E-state index contributed by atoms with van der Waals surface area (Å²) in [5.41, 5.74) is 2.49. The lowest BCUT2D eigenvalue weighted by atomic mass is 10.2.